The molecule has 0 saturated carbocycles. The lowest BCUT2D eigenvalue weighted by Crippen LogP contribution is -2.08. The zero-order valence-corrected chi connectivity index (χ0v) is 14.0. The van der Waals surface area contributed by atoms with E-state index in [9.17, 15) is 9.18 Å². The minimum Gasteiger partial charge on any atom is -0.338 e. The Labute approximate surface area is 147 Å². The molecule has 0 amide bonds. The van der Waals surface area contributed by atoms with Gasteiger partial charge in [-0.1, -0.05) is 23.7 Å². The van der Waals surface area contributed by atoms with E-state index < -0.39 is 5.82 Å². The number of hydrogen-bond acceptors (Lipinski definition) is 3. The van der Waals surface area contributed by atoms with Crippen LogP contribution in [-0.2, 0) is 0 Å². The quantitative estimate of drug-likeness (QED) is 0.503. The lowest BCUT2D eigenvalue weighted by molar-refractivity contribution is 0.629. The Morgan fingerprint density at radius 2 is 2.00 bits per heavy atom. The molecule has 0 bridgehead atoms. The molecule has 4 rings (SSSR count). The number of hydrogen-bond donors (Lipinski definition) is 2. The van der Waals surface area contributed by atoms with Crippen molar-refractivity contribution in [1.82, 2.24) is 9.97 Å². The average Bonchev–Trinajstić information content (AvgIpc) is 2.58. The fourth-order valence-corrected chi connectivity index (χ4v) is 3.20. The van der Waals surface area contributed by atoms with Crippen LogP contribution in [0.25, 0.3) is 21.7 Å². The standard InChI is InChI=1S/C19H13ClFN3O/c1-10-3-2-4-14(20)17(10)24-18-12-7-8-22-19(25)16(12)13-9-11(21)5-6-15(13)23-18/h2-9H,1H3,(H,22,25)(H,23,24). The summed E-state index contributed by atoms with van der Waals surface area (Å²) in [6, 6.07) is 11.5. The maximum Gasteiger partial charge on any atom is 0.256 e. The van der Waals surface area contributed by atoms with Gasteiger partial charge >= 0.3 is 0 Å². The SMILES string of the molecule is Cc1cccc(Cl)c1Nc1nc2ccc(F)cc2c2c(=O)[nH]ccc12. The number of anilines is 2. The molecular formula is C19H13ClFN3O. The predicted molar refractivity (Wildman–Crippen MR) is 99.3 cm³/mol. The smallest absolute Gasteiger partial charge is 0.256 e. The number of rotatable bonds is 2. The molecule has 2 heterocycles. The van der Waals surface area contributed by atoms with Crippen LogP contribution in [0, 0.1) is 12.7 Å². The highest BCUT2D eigenvalue weighted by molar-refractivity contribution is 6.33. The van der Waals surface area contributed by atoms with E-state index in [-0.39, 0.29) is 5.56 Å². The van der Waals surface area contributed by atoms with Gasteiger partial charge < -0.3 is 10.3 Å². The number of aromatic amines is 1. The van der Waals surface area contributed by atoms with Gasteiger partial charge in [0.1, 0.15) is 11.6 Å². The zero-order chi connectivity index (χ0) is 17.6. The average molecular weight is 354 g/mol. The number of benzene rings is 2. The third kappa shape index (κ3) is 2.62. The summed E-state index contributed by atoms with van der Waals surface area (Å²) < 4.78 is 13.7. The normalized spacial score (nSPS) is 11.2. The monoisotopic (exact) mass is 353 g/mol. The maximum atomic E-state index is 13.7. The van der Waals surface area contributed by atoms with Crippen molar-refractivity contribution in [1.29, 1.82) is 0 Å². The van der Waals surface area contributed by atoms with E-state index in [4.69, 9.17) is 11.6 Å². The largest absolute Gasteiger partial charge is 0.338 e. The highest BCUT2D eigenvalue weighted by atomic mass is 35.5. The third-order valence-corrected chi connectivity index (χ3v) is 4.46. The van der Waals surface area contributed by atoms with E-state index in [1.807, 2.05) is 19.1 Å². The first-order valence-corrected chi connectivity index (χ1v) is 8.05. The maximum absolute atomic E-state index is 13.7. The van der Waals surface area contributed by atoms with Gasteiger partial charge in [0.25, 0.3) is 5.56 Å². The Bertz CT molecular complexity index is 1170. The summed E-state index contributed by atoms with van der Waals surface area (Å²) in [4.78, 5) is 19.6. The Kier molecular flexibility index (Phi) is 3.66. The number of aromatic nitrogens is 2. The van der Waals surface area contributed by atoms with Crippen molar-refractivity contribution in [3.63, 3.8) is 0 Å². The summed E-state index contributed by atoms with van der Waals surface area (Å²) in [6.07, 6.45) is 1.54. The molecule has 25 heavy (non-hydrogen) atoms. The Morgan fingerprint density at radius 3 is 2.80 bits per heavy atom. The molecule has 2 aromatic heterocycles. The first kappa shape index (κ1) is 15.6. The van der Waals surface area contributed by atoms with Crippen molar-refractivity contribution >= 4 is 44.8 Å². The molecule has 124 valence electrons. The Morgan fingerprint density at radius 1 is 1.16 bits per heavy atom. The molecule has 0 spiro atoms. The summed E-state index contributed by atoms with van der Waals surface area (Å²) in [7, 11) is 0. The molecule has 2 aromatic carbocycles. The van der Waals surface area contributed by atoms with Gasteiger partial charge in [0.05, 0.1) is 21.6 Å². The first-order valence-electron chi connectivity index (χ1n) is 7.67. The molecule has 0 aliphatic rings. The van der Waals surface area contributed by atoms with E-state index in [1.165, 1.54) is 12.1 Å². The minimum atomic E-state index is -0.415. The molecule has 2 N–H and O–H groups in total. The Hall–Kier alpha value is -2.92. The van der Waals surface area contributed by atoms with Gasteiger partial charge in [-0.05, 0) is 42.8 Å². The highest BCUT2D eigenvalue weighted by Gasteiger charge is 2.14. The molecule has 0 aliphatic heterocycles. The highest BCUT2D eigenvalue weighted by Crippen LogP contribution is 2.33. The van der Waals surface area contributed by atoms with E-state index in [0.717, 1.165) is 11.3 Å². The van der Waals surface area contributed by atoms with Gasteiger partial charge in [-0.25, -0.2) is 9.37 Å². The van der Waals surface area contributed by atoms with Gasteiger partial charge in [0, 0.05) is 17.0 Å². The van der Waals surface area contributed by atoms with Gasteiger partial charge in [-0.15, -0.1) is 0 Å². The fraction of sp³-hybridized carbons (Fsp3) is 0.0526. The molecule has 0 unspecified atom stereocenters. The number of halogens is 2. The van der Waals surface area contributed by atoms with E-state index in [0.29, 0.717) is 32.5 Å². The van der Waals surface area contributed by atoms with Crippen molar-refractivity contribution in [3.05, 3.63) is 75.4 Å². The summed E-state index contributed by atoms with van der Waals surface area (Å²) in [5, 5.41) is 5.24. The second-order valence-electron chi connectivity index (χ2n) is 5.77. The first-order chi connectivity index (χ1) is 12.0. The number of H-pyrrole nitrogens is 1. The van der Waals surface area contributed by atoms with Gasteiger partial charge in [0.2, 0.25) is 0 Å². The van der Waals surface area contributed by atoms with Crippen LogP contribution >= 0.6 is 11.6 Å². The lowest BCUT2D eigenvalue weighted by Gasteiger charge is -2.14. The zero-order valence-electron chi connectivity index (χ0n) is 13.2. The molecule has 0 atom stereocenters. The molecule has 0 saturated heterocycles. The minimum absolute atomic E-state index is 0.297. The number of pyridine rings is 2. The van der Waals surface area contributed by atoms with Crippen LogP contribution in [0.3, 0.4) is 0 Å². The van der Waals surface area contributed by atoms with E-state index in [1.54, 1.807) is 24.4 Å². The van der Waals surface area contributed by atoms with Crippen LogP contribution < -0.4 is 10.9 Å². The van der Waals surface area contributed by atoms with Crippen LogP contribution in [0.2, 0.25) is 5.02 Å². The lowest BCUT2D eigenvalue weighted by atomic mass is 10.1. The van der Waals surface area contributed by atoms with Gasteiger partial charge in [-0.3, -0.25) is 4.79 Å². The summed E-state index contributed by atoms with van der Waals surface area (Å²) in [5.74, 6) is 0.0814. The molecule has 0 fully saturated rings. The third-order valence-electron chi connectivity index (χ3n) is 4.14. The number of fused-ring (bicyclic) bond motifs is 3. The molecule has 0 aliphatic carbocycles. The molecule has 0 radical (unpaired) electrons. The predicted octanol–water partition coefficient (Wildman–Crippen LogP) is 4.92. The van der Waals surface area contributed by atoms with Crippen LogP contribution in [0.5, 0.6) is 0 Å². The number of nitrogens with zero attached hydrogens (tertiary/aromatic N) is 1. The van der Waals surface area contributed by atoms with Crippen molar-refractivity contribution < 1.29 is 4.39 Å². The van der Waals surface area contributed by atoms with E-state index in [2.05, 4.69) is 15.3 Å². The molecule has 6 heteroatoms. The van der Waals surface area contributed by atoms with Crippen molar-refractivity contribution in [2.45, 2.75) is 6.92 Å². The van der Waals surface area contributed by atoms with E-state index >= 15 is 0 Å². The van der Waals surface area contributed by atoms with Crippen molar-refractivity contribution in [3.8, 4) is 0 Å². The number of aryl methyl sites for hydroxylation is 1. The summed E-state index contributed by atoms with van der Waals surface area (Å²) in [5.41, 5.74) is 1.90. The molecule has 4 aromatic rings. The second kappa shape index (κ2) is 5.86. The number of nitrogens with one attached hydrogen (secondary N) is 2. The number of para-hydroxylation sites is 1. The van der Waals surface area contributed by atoms with Gasteiger partial charge in [0.15, 0.2) is 0 Å². The molecule has 4 nitrogen and oxygen atoms in total. The van der Waals surface area contributed by atoms with Gasteiger partial charge in [-0.2, -0.15) is 0 Å². The van der Waals surface area contributed by atoms with Crippen molar-refractivity contribution in [2.24, 2.45) is 0 Å². The second-order valence-corrected chi connectivity index (χ2v) is 6.18. The van der Waals surface area contributed by atoms with Crippen LogP contribution in [0.4, 0.5) is 15.9 Å². The van der Waals surface area contributed by atoms with Crippen LogP contribution in [-0.4, -0.2) is 9.97 Å². The summed E-state index contributed by atoms with van der Waals surface area (Å²) >= 11 is 6.29. The fourth-order valence-electron chi connectivity index (χ4n) is 2.93. The van der Waals surface area contributed by atoms with Crippen LogP contribution in [0.15, 0.2) is 53.5 Å². The van der Waals surface area contributed by atoms with Crippen molar-refractivity contribution in [2.75, 3.05) is 5.32 Å². The Balaban J connectivity index is 2.05. The topological polar surface area (TPSA) is 57.8 Å². The van der Waals surface area contributed by atoms with Crippen LogP contribution in [0.1, 0.15) is 5.56 Å². The summed E-state index contributed by atoms with van der Waals surface area (Å²) in [6.45, 7) is 1.93. The molecular weight excluding hydrogens is 341 g/mol.